The lowest BCUT2D eigenvalue weighted by Gasteiger charge is -2.13. The van der Waals surface area contributed by atoms with Gasteiger partial charge in [-0.2, -0.15) is 5.10 Å². The highest BCUT2D eigenvalue weighted by Crippen LogP contribution is 2.28. The van der Waals surface area contributed by atoms with Crippen molar-refractivity contribution < 1.29 is 9.53 Å². The summed E-state index contributed by atoms with van der Waals surface area (Å²) in [5.41, 5.74) is 3.09. The summed E-state index contributed by atoms with van der Waals surface area (Å²) in [6.07, 6.45) is 0.863. The molecular weight excluding hydrogens is 372 g/mol. The van der Waals surface area contributed by atoms with Crippen LogP contribution in [0.15, 0.2) is 22.7 Å². The molecule has 3 rings (SSSR count). The van der Waals surface area contributed by atoms with E-state index in [-0.39, 0.29) is 18.3 Å². The van der Waals surface area contributed by atoms with E-state index in [9.17, 15) is 4.79 Å². The van der Waals surface area contributed by atoms with Gasteiger partial charge in [0.2, 0.25) is 0 Å². The minimum absolute atomic E-state index is 0. The largest absolute Gasteiger partial charge is 0.495 e. The number of aromatic amines is 1. The Labute approximate surface area is 142 Å². The van der Waals surface area contributed by atoms with Gasteiger partial charge >= 0.3 is 0 Å². The quantitative estimate of drug-likeness (QED) is 0.756. The molecule has 0 atom stereocenters. The van der Waals surface area contributed by atoms with E-state index in [0.29, 0.717) is 23.7 Å². The number of fused-ring (bicyclic) bond motifs is 1. The van der Waals surface area contributed by atoms with E-state index in [1.807, 2.05) is 12.1 Å². The Hall–Kier alpha value is -1.57. The zero-order chi connectivity index (χ0) is 14.8. The number of benzene rings is 1. The standard InChI is InChI=1S/C14H15BrN4O2.ClH/c1-21-12-6-8(2-3-10(12)15)17-14(20)13-9-7-16-5-4-11(9)18-19-13;/h2-3,6,16H,4-5,7H2,1H3,(H,17,20)(H,18,19);1H. The third kappa shape index (κ3) is 3.26. The van der Waals surface area contributed by atoms with Crippen molar-refractivity contribution in [2.45, 2.75) is 13.0 Å². The molecule has 0 bridgehead atoms. The molecule has 0 saturated heterocycles. The van der Waals surface area contributed by atoms with Gasteiger partial charge in [0, 0.05) is 42.5 Å². The first kappa shape index (κ1) is 16.8. The van der Waals surface area contributed by atoms with Crippen molar-refractivity contribution in [1.82, 2.24) is 15.5 Å². The summed E-state index contributed by atoms with van der Waals surface area (Å²) in [4.78, 5) is 12.4. The lowest BCUT2D eigenvalue weighted by atomic mass is 10.1. The maximum Gasteiger partial charge on any atom is 0.276 e. The van der Waals surface area contributed by atoms with Crippen molar-refractivity contribution in [3.63, 3.8) is 0 Å². The number of nitrogens with one attached hydrogen (secondary N) is 3. The number of hydrogen-bond donors (Lipinski definition) is 3. The molecule has 0 saturated carbocycles. The minimum atomic E-state index is -0.222. The molecule has 6 nitrogen and oxygen atoms in total. The highest BCUT2D eigenvalue weighted by molar-refractivity contribution is 9.10. The van der Waals surface area contributed by atoms with Crippen molar-refractivity contribution in [1.29, 1.82) is 0 Å². The number of carbonyl (C=O) groups is 1. The van der Waals surface area contributed by atoms with Crippen molar-refractivity contribution in [2.75, 3.05) is 19.0 Å². The third-order valence-corrected chi connectivity index (χ3v) is 4.09. The van der Waals surface area contributed by atoms with Crippen LogP contribution in [0, 0.1) is 0 Å². The fraction of sp³-hybridized carbons (Fsp3) is 0.286. The molecule has 0 fully saturated rings. The Balaban J connectivity index is 0.00000176. The monoisotopic (exact) mass is 386 g/mol. The molecule has 0 unspecified atom stereocenters. The van der Waals surface area contributed by atoms with Crippen LogP contribution in [0.25, 0.3) is 0 Å². The molecule has 0 radical (unpaired) electrons. The Kier molecular flexibility index (Phi) is 5.44. The van der Waals surface area contributed by atoms with Gasteiger partial charge in [0.05, 0.1) is 11.6 Å². The number of halogens is 2. The van der Waals surface area contributed by atoms with Crippen LogP contribution in [-0.4, -0.2) is 29.8 Å². The Morgan fingerprint density at radius 3 is 3.05 bits per heavy atom. The second kappa shape index (κ2) is 7.13. The maximum absolute atomic E-state index is 12.4. The first-order valence-electron chi connectivity index (χ1n) is 6.60. The number of nitrogens with zero attached hydrogens (tertiary/aromatic N) is 1. The van der Waals surface area contributed by atoms with Gasteiger partial charge < -0.3 is 15.4 Å². The fourth-order valence-electron chi connectivity index (χ4n) is 2.34. The topological polar surface area (TPSA) is 79.0 Å². The summed E-state index contributed by atoms with van der Waals surface area (Å²) >= 11 is 3.38. The van der Waals surface area contributed by atoms with E-state index < -0.39 is 0 Å². The zero-order valence-electron chi connectivity index (χ0n) is 11.9. The number of hydrogen-bond acceptors (Lipinski definition) is 4. The minimum Gasteiger partial charge on any atom is -0.495 e. The summed E-state index contributed by atoms with van der Waals surface area (Å²) in [5, 5.41) is 13.2. The van der Waals surface area contributed by atoms with E-state index >= 15 is 0 Å². The maximum atomic E-state index is 12.4. The lowest BCUT2D eigenvalue weighted by Crippen LogP contribution is -2.25. The van der Waals surface area contributed by atoms with Crippen molar-refractivity contribution in [3.8, 4) is 5.75 Å². The van der Waals surface area contributed by atoms with E-state index in [0.717, 1.165) is 28.7 Å². The molecule has 8 heteroatoms. The van der Waals surface area contributed by atoms with Crippen LogP contribution in [0.3, 0.4) is 0 Å². The van der Waals surface area contributed by atoms with Crippen LogP contribution in [0.2, 0.25) is 0 Å². The van der Waals surface area contributed by atoms with Crippen LogP contribution in [0.5, 0.6) is 5.75 Å². The Morgan fingerprint density at radius 2 is 2.27 bits per heavy atom. The van der Waals surface area contributed by atoms with Gasteiger partial charge in [0.25, 0.3) is 5.91 Å². The van der Waals surface area contributed by atoms with Crippen molar-refractivity contribution in [2.24, 2.45) is 0 Å². The van der Waals surface area contributed by atoms with E-state index in [2.05, 4.69) is 36.8 Å². The number of amides is 1. The number of anilines is 1. The summed E-state index contributed by atoms with van der Waals surface area (Å²) in [7, 11) is 1.58. The molecule has 2 heterocycles. The first-order valence-corrected chi connectivity index (χ1v) is 7.40. The highest BCUT2D eigenvalue weighted by atomic mass is 79.9. The van der Waals surface area contributed by atoms with Crippen molar-refractivity contribution >= 4 is 39.9 Å². The van der Waals surface area contributed by atoms with Gasteiger partial charge in [0.1, 0.15) is 5.75 Å². The number of aromatic nitrogens is 2. The molecule has 22 heavy (non-hydrogen) atoms. The van der Waals surface area contributed by atoms with E-state index in [1.165, 1.54) is 0 Å². The molecule has 1 aromatic heterocycles. The molecule has 118 valence electrons. The van der Waals surface area contributed by atoms with Crippen LogP contribution >= 0.6 is 28.3 Å². The fourth-order valence-corrected chi connectivity index (χ4v) is 2.75. The zero-order valence-corrected chi connectivity index (χ0v) is 14.3. The highest BCUT2D eigenvalue weighted by Gasteiger charge is 2.21. The third-order valence-electron chi connectivity index (χ3n) is 3.43. The van der Waals surface area contributed by atoms with Gasteiger partial charge in [-0.25, -0.2) is 0 Å². The molecular formula is C14H16BrClN4O2. The number of H-pyrrole nitrogens is 1. The number of ether oxygens (including phenoxy) is 1. The van der Waals surface area contributed by atoms with Gasteiger partial charge in [0.15, 0.2) is 5.69 Å². The molecule has 1 amide bonds. The second-order valence-electron chi connectivity index (χ2n) is 4.76. The molecule has 0 aliphatic carbocycles. The summed E-state index contributed by atoms with van der Waals surface area (Å²) in [6.45, 7) is 1.57. The predicted molar refractivity (Wildman–Crippen MR) is 89.9 cm³/mol. The van der Waals surface area contributed by atoms with E-state index in [4.69, 9.17) is 4.74 Å². The van der Waals surface area contributed by atoms with Gasteiger partial charge in [-0.15, -0.1) is 12.4 Å². The SMILES string of the molecule is COc1cc(NC(=O)c2n[nH]c3c2CNCC3)ccc1Br.Cl. The normalized spacial score (nSPS) is 13.0. The first-order chi connectivity index (χ1) is 10.2. The summed E-state index contributed by atoms with van der Waals surface area (Å²) in [6, 6.07) is 5.40. The Morgan fingerprint density at radius 1 is 1.45 bits per heavy atom. The van der Waals surface area contributed by atoms with Gasteiger partial charge in [-0.05, 0) is 28.1 Å². The average Bonchev–Trinajstić information content (AvgIpc) is 2.93. The molecule has 1 aromatic carbocycles. The van der Waals surface area contributed by atoms with Crippen molar-refractivity contribution in [3.05, 3.63) is 39.6 Å². The molecule has 0 spiro atoms. The number of rotatable bonds is 3. The van der Waals surface area contributed by atoms with Gasteiger partial charge in [-0.3, -0.25) is 9.89 Å². The smallest absolute Gasteiger partial charge is 0.276 e. The predicted octanol–water partition coefficient (Wildman–Crippen LogP) is 2.50. The molecule has 2 aromatic rings. The molecule has 1 aliphatic rings. The summed E-state index contributed by atoms with van der Waals surface area (Å²) in [5.74, 6) is 0.444. The molecule has 1 aliphatic heterocycles. The van der Waals surface area contributed by atoms with Gasteiger partial charge in [-0.1, -0.05) is 0 Å². The Bertz CT molecular complexity index is 689. The van der Waals surface area contributed by atoms with Crippen LogP contribution in [0.1, 0.15) is 21.7 Å². The van der Waals surface area contributed by atoms with Crippen LogP contribution in [-0.2, 0) is 13.0 Å². The number of methoxy groups -OCH3 is 1. The van der Waals surface area contributed by atoms with Crippen LogP contribution < -0.4 is 15.4 Å². The summed E-state index contributed by atoms with van der Waals surface area (Å²) < 4.78 is 6.06. The van der Waals surface area contributed by atoms with Crippen LogP contribution in [0.4, 0.5) is 5.69 Å². The lowest BCUT2D eigenvalue weighted by molar-refractivity contribution is 0.102. The van der Waals surface area contributed by atoms with E-state index in [1.54, 1.807) is 13.2 Å². The average molecular weight is 388 g/mol. The second-order valence-corrected chi connectivity index (χ2v) is 5.61. The number of carbonyl (C=O) groups excluding carboxylic acids is 1. The molecule has 3 N–H and O–H groups in total.